The summed E-state index contributed by atoms with van der Waals surface area (Å²) in [5, 5.41) is 9.58. The molecule has 5 nitrogen and oxygen atoms in total. The highest BCUT2D eigenvalue weighted by Gasteiger charge is 2.03. The Morgan fingerprint density at radius 3 is 2.62 bits per heavy atom. The lowest BCUT2D eigenvalue weighted by molar-refractivity contribution is -0.113. The minimum Gasteiger partial charge on any atom is -0.497 e. The van der Waals surface area contributed by atoms with Gasteiger partial charge >= 0.3 is 0 Å². The van der Waals surface area contributed by atoms with Crippen LogP contribution < -0.4 is 15.8 Å². The van der Waals surface area contributed by atoms with Gasteiger partial charge in [0.05, 0.1) is 12.9 Å². The van der Waals surface area contributed by atoms with Crippen LogP contribution in [-0.4, -0.2) is 23.9 Å². The first-order valence-corrected chi connectivity index (χ1v) is 5.51. The molecule has 0 saturated heterocycles. The number of methoxy groups -OCH3 is 1. The van der Waals surface area contributed by atoms with E-state index >= 15 is 0 Å². The number of nitrogens with two attached hydrogens (primary N) is 1. The first-order valence-electron chi connectivity index (χ1n) is 4.52. The number of thioether (sulfide) groups is 1. The summed E-state index contributed by atoms with van der Waals surface area (Å²) < 4.78 is 4.99. The molecular weight excluding hydrogens is 226 g/mol. The van der Waals surface area contributed by atoms with E-state index < -0.39 is 0 Å². The molecule has 0 saturated carbocycles. The Bertz CT molecular complexity index is 378. The molecular formula is C10H13N3O2S. The Kier molecular flexibility index (Phi) is 4.65. The normalized spacial score (nSPS) is 9.56. The molecule has 1 aromatic carbocycles. The third-order valence-electron chi connectivity index (χ3n) is 1.73. The molecule has 6 heteroatoms. The lowest BCUT2D eigenvalue weighted by Crippen LogP contribution is -2.17. The number of carbonyl (C=O) groups excluding carboxylic acids is 1. The van der Waals surface area contributed by atoms with Crippen molar-refractivity contribution < 1.29 is 9.53 Å². The van der Waals surface area contributed by atoms with Crippen molar-refractivity contribution in [2.45, 2.75) is 0 Å². The summed E-state index contributed by atoms with van der Waals surface area (Å²) in [5.74, 6) is 0.683. The van der Waals surface area contributed by atoms with Gasteiger partial charge in [-0.1, -0.05) is 11.8 Å². The SMILES string of the molecule is COc1ccc(NC(=O)CSC(=N)N)cc1. The maximum Gasteiger partial charge on any atom is 0.234 e. The van der Waals surface area contributed by atoms with Crippen LogP contribution >= 0.6 is 11.8 Å². The van der Waals surface area contributed by atoms with Crippen LogP contribution in [0.25, 0.3) is 0 Å². The fraction of sp³-hybridized carbons (Fsp3) is 0.200. The number of amidine groups is 1. The maximum absolute atomic E-state index is 11.4. The van der Waals surface area contributed by atoms with Gasteiger partial charge in [-0.05, 0) is 24.3 Å². The molecule has 0 bridgehead atoms. The highest BCUT2D eigenvalue weighted by atomic mass is 32.2. The molecule has 1 aromatic rings. The number of carbonyl (C=O) groups is 1. The van der Waals surface area contributed by atoms with Gasteiger partial charge in [-0.15, -0.1) is 0 Å². The van der Waals surface area contributed by atoms with E-state index in [1.54, 1.807) is 31.4 Å². The average molecular weight is 239 g/mol. The number of anilines is 1. The first-order chi connectivity index (χ1) is 7.61. The van der Waals surface area contributed by atoms with Crippen LogP contribution in [0.15, 0.2) is 24.3 Å². The van der Waals surface area contributed by atoms with Gasteiger partial charge in [0.1, 0.15) is 5.75 Å². The molecule has 0 atom stereocenters. The lowest BCUT2D eigenvalue weighted by atomic mass is 10.3. The number of rotatable bonds is 4. The molecule has 0 aliphatic carbocycles. The van der Waals surface area contributed by atoms with Gasteiger partial charge in [-0.25, -0.2) is 0 Å². The largest absolute Gasteiger partial charge is 0.497 e. The van der Waals surface area contributed by atoms with Gasteiger partial charge in [0.15, 0.2) is 5.17 Å². The zero-order chi connectivity index (χ0) is 12.0. The minimum absolute atomic E-state index is 0.0649. The fourth-order valence-electron chi connectivity index (χ4n) is 1.01. The van der Waals surface area contributed by atoms with E-state index in [1.165, 1.54) is 0 Å². The van der Waals surface area contributed by atoms with Crippen molar-refractivity contribution in [1.82, 2.24) is 0 Å². The van der Waals surface area contributed by atoms with E-state index in [0.29, 0.717) is 5.69 Å². The number of amides is 1. The number of ether oxygens (including phenoxy) is 1. The van der Waals surface area contributed by atoms with Crippen molar-refractivity contribution in [3.05, 3.63) is 24.3 Å². The third kappa shape index (κ3) is 4.22. The molecule has 0 radical (unpaired) electrons. The zero-order valence-corrected chi connectivity index (χ0v) is 9.64. The molecule has 0 aromatic heterocycles. The number of hydrogen-bond donors (Lipinski definition) is 3. The molecule has 0 fully saturated rings. The Balaban J connectivity index is 2.46. The molecule has 16 heavy (non-hydrogen) atoms. The van der Waals surface area contributed by atoms with E-state index in [9.17, 15) is 4.79 Å². The van der Waals surface area contributed by atoms with Crippen molar-refractivity contribution in [2.75, 3.05) is 18.2 Å². The Labute approximate surface area is 97.9 Å². The molecule has 0 heterocycles. The van der Waals surface area contributed by atoms with Crippen molar-refractivity contribution in [1.29, 1.82) is 5.41 Å². The van der Waals surface area contributed by atoms with Crippen molar-refractivity contribution in [3.8, 4) is 5.75 Å². The number of benzene rings is 1. The van der Waals surface area contributed by atoms with Crippen LogP contribution in [0.1, 0.15) is 0 Å². The summed E-state index contributed by atoms with van der Waals surface area (Å²) in [6.07, 6.45) is 0. The standard InChI is InChI=1S/C10H13N3O2S/c1-15-8-4-2-7(3-5-8)13-9(14)6-16-10(11)12/h2-5H,6H2,1H3,(H3,11,12)(H,13,14). The Morgan fingerprint density at radius 1 is 1.50 bits per heavy atom. The van der Waals surface area contributed by atoms with Crippen LogP contribution in [0.5, 0.6) is 5.75 Å². The topological polar surface area (TPSA) is 88.2 Å². The van der Waals surface area contributed by atoms with E-state index in [1.807, 2.05) is 0 Å². The van der Waals surface area contributed by atoms with Crippen molar-refractivity contribution in [2.24, 2.45) is 5.73 Å². The lowest BCUT2D eigenvalue weighted by Gasteiger charge is -2.05. The molecule has 0 unspecified atom stereocenters. The average Bonchev–Trinajstić information content (AvgIpc) is 2.27. The van der Waals surface area contributed by atoms with Crippen molar-refractivity contribution in [3.63, 3.8) is 0 Å². The van der Waals surface area contributed by atoms with Gasteiger partial charge in [-0.3, -0.25) is 10.2 Å². The maximum atomic E-state index is 11.4. The Morgan fingerprint density at radius 2 is 2.12 bits per heavy atom. The van der Waals surface area contributed by atoms with Crippen LogP contribution in [0, 0.1) is 5.41 Å². The fourth-order valence-corrected chi connectivity index (χ4v) is 1.37. The molecule has 0 spiro atoms. The monoisotopic (exact) mass is 239 g/mol. The summed E-state index contributed by atoms with van der Waals surface area (Å²) in [6.45, 7) is 0. The summed E-state index contributed by atoms with van der Waals surface area (Å²) in [4.78, 5) is 11.4. The van der Waals surface area contributed by atoms with Gasteiger partial charge in [0.25, 0.3) is 0 Å². The summed E-state index contributed by atoms with van der Waals surface area (Å²) in [6, 6.07) is 7.01. The van der Waals surface area contributed by atoms with E-state index in [4.69, 9.17) is 15.9 Å². The van der Waals surface area contributed by atoms with Crippen molar-refractivity contribution >= 4 is 28.5 Å². The van der Waals surface area contributed by atoms with E-state index in [-0.39, 0.29) is 16.8 Å². The first kappa shape index (κ1) is 12.4. The molecule has 1 rings (SSSR count). The highest BCUT2D eigenvalue weighted by molar-refractivity contribution is 8.14. The highest BCUT2D eigenvalue weighted by Crippen LogP contribution is 2.15. The molecule has 0 aliphatic heterocycles. The minimum atomic E-state index is -0.189. The second-order valence-electron chi connectivity index (χ2n) is 2.93. The molecule has 1 amide bonds. The van der Waals surface area contributed by atoms with Gasteiger partial charge in [0, 0.05) is 5.69 Å². The van der Waals surface area contributed by atoms with Crippen LogP contribution in [0.3, 0.4) is 0 Å². The number of nitrogens with one attached hydrogen (secondary N) is 2. The van der Waals surface area contributed by atoms with E-state index in [2.05, 4.69) is 5.32 Å². The van der Waals surface area contributed by atoms with E-state index in [0.717, 1.165) is 17.5 Å². The second kappa shape index (κ2) is 6.02. The molecule has 4 N–H and O–H groups in total. The zero-order valence-electron chi connectivity index (χ0n) is 8.82. The summed E-state index contributed by atoms with van der Waals surface area (Å²) in [7, 11) is 1.58. The molecule has 0 aliphatic rings. The number of hydrogen-bond acceptors (Lipinski definition) is 4. The van der Waals surface area contributed by atoms with Crippen LogP contribution in [0.2, 0.25) is 0 Å². The van der Waals surface area contributed by atoms with Gasteiger partial charge in [-0.2, -0.15) is 0 Å². The van der Waals surface area contributed by atoms with Crippen LogP contribution in [-0.2, 0) is 4.79 Å². The Hall–Kier alpha value is -1.69. The second-order valence-corrected chi connectivity index (χ2v) is 3.95. The predicted molar refractivity (Wildman–Crippen MR) is 66.0 cm³/mol. The smallest absolute Gasteiger partial charge is 0.234 e. The third-order valence-corrected chi connectivity index (χ3v) is 2.45. The molecule has 86 valence electrons. The quantitative estimate of drug-likeness (QED) is 0.545. The summed E-state index contributed by atoms with van der Waals surface area (Å²) >= 11 is 0.991. The predicted octanol–water partition coefficient (Wildman–Crippen LogP) is 1.26. The summed E-state index contributed by atoms with van der Waals surface area (Å²) in [5.41, 5.74) is 5.81. The van der Waals surface area contributed by atoms with Crippen LogP contribution in [0.4, 0.5) is 5.69 Å². The van der Waals surface area contributed by atoms with Gasteiger partial charge in [0.2, 0.25) is 5.91 Å². The van der Waals surface area contributed by atoms with Gasteiger partial charge < -0.3 is 15.8 Å².